The molecule has 0 unspecified atom stereocenters. The molecular weight excluding hydrogens is 238 g/mol. The summed E-state index contributed by atoms with van der Waals surface area (Å²) in [6.07, 6.45) is 5.10. The highest BCUT2D eigenvalue weighted by Crippen LogP contribution is 2.33. The van der Waals surface area contributed by atoms with Crippen molar-refractivity contribution < 1.29 is 9.47 Å². The highest BCUT2D eigenvalue weighted by atomic mass is 16.5. The first-order chi connectivity index (χ1) is 9.10. The third-order valence-electron chi connectivity index (χ3n) is 3.97. The Morgan fingerprint density at radius 2 is 1.89 bits per heavy atom. The van der Waals surface area contributed by atoms with Crippen LogP contribution in [0.4, 0.5) is 0 Å². The van der Waals surface area contributed by atoms with Crippen molar-refractivity contribution in [2.75, 3.05) is 7.11 Å². The predicted octanol–water partition coefficient (Wildman–Crippen LogP) is 3.67. The van der Waals surface area contributed by atoms with E-state index < -0.39 is 0 Å². The molecule has 2 rings (SSSR count). The van der Waals surface area contributed by atoms with Crippen LogP contribution in [0.5, 0.6) is 11.5 Å². The van der Waals surface area contributed by atoms with Crippen LogP contribution in [0.15, 0.2) is 18.2 Å². The van der Waals surface area contributed by atoms with Gasteiger partial charge in [0.1, 0.15) is 11.5 Å². The predicted molar refractivity (Wildman–Crippen MR) is 77.6 cm³/mol. The first-order valence-electron chi connectivity index (χ1n) is 7.20. The molecule has 0 aliphatic heterocycles. The number of methoxy groups -OCH3 is 1. The second-order valence-electron chi connectivity index (χ2n) is 5.69. The summed E-state index contributed by atoms with van der Waals surface area (Å²) in [5.41, 5.74) is 7.07. The third kappa shape index (κ3) is 3.63. The number of benzene rings is 1. The number of hydrogen-bond acceptors (Lipinski definition) is 3. The number of ether oxygens (including phenoxy) is 2. The van der Waals surface area contributed by atoms with Crippen LogP contribution in [0.25, 0.3) is 0 Å². The Morgan fingerprint density at radius 3 is 2.47 bits per heavy atom. The van der Waals surface area contributed by atoms with E-state index in [1.54, 1.807) is 7.11 Å². The average Bonchev–Trinajstić information content (AvgIpc) is 2.41. The van der Waals surface area contributed by atoms with Gasteiger partial charge in [0.15, 0.2) is 0 Å². The van der Waals surface area contributed by atoms with Crippen molar-refractivity contribution >= 4 is 0 Å². The van der Waals surface area contributed by atoms with E-state index in [9.17, 15) is 0 Å². The lowest BCUT2D eigenvalue weighted by atomic mass is 9.89. The normalized spacial score (nSPS) is 24.8. The smallest absolute Gasteiger partial charge is 0.128 e. The van der Waals surface area contributed by atoms with Crippen LogP contribution in [0.2, 0.25) is 0 Å². The van der Waals surface area contributed by atoms with Crippen molar-refractivity contribution in [1.82, 2.24) is 0 Å². The van der Waals surface area contributed by atoms with E-state index >= 15 is 0 Å². The maximum atomic E-state index is 6.18. The fraction of sp³-hybridized carbons (Fsp3) is 0.625. The molecule has 0 bridgehead atoms. The number of hydrogen-bond donors (Lipinski definition) is 1. The van der Waals surface area contributed by atoms with Gasteiger partial charge in [-0.05, 0) is 44.6 Å². The molecule has 19 heavy (non-hydrogen) atoms. The summed E-state index contributed by atoms with van der Waals surface area (Å²) >= 11 is 0. The molecule has 1 saturated carbocycles. The fourth-order valence-corrected chi connectivity index (χ4v) is 2.65. The molecule has 1 aromatic carbocycles. The Kier molecular flexibility index (Phi) is 4.70. The molecule has 3 heteroatoms. The van der Waals surface area contributed by atoms with Crippen molar-refractivity contribution in [2.24, 2.45) is 11.7 Å². The SMILES string of the molecule is COc1ccc([C@H](C)N)c(OC2CCC(C)CC2)c1. The maximum absolute atomic E-state index is 6.18. The van der Waals surface area contributed by atoms with Crippen molar-refractivity contribution in [2.45, 2.75) is 51.7 Å². The van der Waals surface area contributed by atoms with E-state index in [2.05, 4.69) is 6.92 Å². The van der Waals surface area contributed by atoms with Crippen molar-refractivity contribution in [1.29, 1.82) is 0 Å². The first kappa shape index (κ1) is 14.2. The number of nitrogens with two attached hydrogens (primary N) is 1. The quantitative estimate of drug-likeness (QED) is 0.901. The summed E-state index contributed by atoms with van der Waals surface area (Å²) in [4.78, 5) is 0. The summed E-state index contributed by atoms with van der Waals surface area (Å²) in [5.74, 6) is 2.54. The molecule has 0 radical (unpaired) electrons. The number of rotatable bonds is 4. The van der Waals surface area contributed by atoms with Crippen molar-refractivity contribution in [3.8, 4) is 11.5 Å². The summed E-state index contributed by atoms with van der Waals surface area (Å²) in [6, 6.07) is 5.87. The van der Waals surface area contributed by atoms with E-state index in [-0.39, 0.29) is 6.04 Å². The molecule has 0 aromatic heterocycles. The maximum Gasteiger partial charge on any atom is 0.128 e. The van der Waals surface area contributed by atoms with Crippen LogP contribution in [-0.2, 0) is 0 Å². The molecule has 0 heterocycles. The topological polar surface area (TPSA) is 44.5 Å². The van der Waals surface area contributed by atoms with E-state index in [0.29, 0.717) is 6.10 Å². The van der Waals surface area contributed by atoms with Crippen LogP contribution >= 0.6 is 0 Å². The minimum atomic E-state index is -0.0246. The Labute approximate surface area is 116 Å². The second kappa shape index (κ2) is 6.29. The van der Waals surface area contributed by atoms with E-state index in [1.165, 1.54) is 12.8 Å². The van der Waals surface area contributed by atoms with Gasteiger partial charge in [-0.25, -0.2) is 0 Å². The second-order valence-corrected chi connectivity index (χ2v) is 5.69. The Bertz CT molecular complexity index is 409. The molecule has 1 aliphatic carbocycles. The van der Waals surface area contributed by atoms with Crippen LogP contribution in [-0.4, -0.2) is 13.2 Å². The Hall–Kier alpha value is -1.22. The van der Waals surface area contributed by atoms with Crippen molar-refractivity contribution in [3.63, 3.8) is 0 Å². The van der Waals surface area contributed by atoms with Gasteiger partial charge in [-0.3, -0.25) is 0 Å². The van der Waals surface area contributed by atoms with Gasteiger partial charge >= 0.3 is 0 Å². The van der Waals surface area contributed by atoms with Gasteiger partial charge in [-0.15, -0.1) is 0 Å². The third-order valence-corrected chi connectivity index (χ3v) is 3.97. The highest BCUT2D eigenvalue weighted by Gasteiger charge is 2.21. The summed E-state index contributed by atoms with van der Waals surface area (Å²) in [5, 5.41) is 0. The molecule has 0 spiro atoms. The molecule has 0 amide bonds. The molecule has 1 fully saturated rings. The van der Waals surface area contributed by atoms with E-state index in [1.807, 2.05) is 25.1 Å². The zero-order chi connectivity index (χ0) is 13.8. The summed E-state index contributed by atoms with van der Waals surface area (Å²) in [7, 11) is 1.67. The summed E-state index contributed by atoms with van der Waals surface area (Å²) < 4.78 is 11.5. The van der Waals surface area contributed by atoms with Crippen LogP contribution in [0.3, 0.4) is 0 Å². The largest absolute Gasteiger partial charge is 0.497 e. The molecular formula is C16H25NO2. The Morgan fingerprint density at radius 1 is 1.21 bits per heavy atom. The lowest BCUT2D eigenvalue weighted by Gasteiger charge is -2.28. The average molecular weight is 263 g/mol. The Balaban J connectivity index is 2.13. The highest BCUT2D eigenvalue weighted by molar-refractivity contribution is 5.42. The molecule has 1 aliphatic rings. The van der Waals surface area contributed by atoms with Crippen molar-refractivity contribution in [3.05, 3.63) is 23.8 Å². The van der Waals surface area contributed by atoms with Crippen LogP contribution in [0.1, 0.15) is 51.1 Å². The molecule has 3 nitrogen and oxygen atoms in total. The monoisotopic (exact) mass is 263 g/mol. The van der Waals surface area contributed by atoms with Gasteiger partial charge in [0, 0.05) is 17.7 Å². The minimum Gasteiger partial charge on any atom is -0.497 e. The van der Waals surface area contributed by atoms with Gasteiger partial charge in [0.2, 0.25) is 0 Å². The van der Waals surface area contributed by atoms with Crippen LogP contribution in [0, 0.1) is 5.92 Å². The lowest BCUT2D eigenvalue weighted by molar-refractivity contribution is 0.133. The molecule has 1 atom stereocenters. The zero-order valence-corrected chi connectivity index (χ0v) is 12.2. The zero-order valence-electron chi connectivity index (χ0n) is 12.2. The van der Waals surface area contributed by atoms with Gasteiger partial charge in [0.05, 0.1) is 13.2 Å². The fourth-order valence-electron chi connectivity index (χ4n) is 2.65. The standard InChI is InChI=1S/C16H25NO2/c1-11-4-6-13(7-5-11)19-16-10-14(18-3)8-9-15(16)12(2)17/h8-13H,4-7,17H2,1-3H3/t11?,12-,13?/m0/s1. The van der Waals surface area contributed by atoms with Gasteiger partial charge in [0.25, 0.3) is 0 Å². The minimum absolute atomic E-state index is 0.0246. The van der Waals surface area contributed by atoms with E-state index in [0.717, 1.165) is 35.8 Å². The molecule has 0 saturated heterocycles. The molecule has 2 N–H and O–H groups in total. The van der Waals surface area contributed by atoms with Gasteiger partial charge < -0.3 is 15.2 Å². The molecule has 1 aromatic rings. The lowest BCUT2D eigenvalue weighted by Crippen LogP contribution is -2.24. The van der Waals surface area contributed by atoms with Crippen LogP contribution < -0.4 is 15.2 Å². The van der Waals surface area contributed by atoms with Gasteiger partial charge in [-0.1, -0.05) is 13.0 Å². The van der Waals surface area contributed by atoms with Gasteiger partial charge in [-0.2, -0.15) is 0 Å². The summed E-state index contributed by atoms with van der Waals surface area (Å²) in [6.45, 7) is 4.30. The first-order valence-corrected chi connectivity index (χ1v) is 7.20. The van der Waals surface area contributed by atoms with E-state index in [4.69, 9.17) is 15.2 Å². The molecule has 106 valence electrons.